The summed E-state index contributed by atoms with van der Waals surface area (Å²) in [6.07, 6.45) is 5.75. The molecule has 1 saturated carbocycles. The summed E-state index contributed by atoms with van der Waals surface area (Å²) in [6, 6.07) is 2.57. The molecule has 17 heavy (non-hydrogen) atoms. The second-order valence-corrected chi connectivity index (χ2v) is 4.47. The summed E-state index contributed by atoms with van der Waals surface area (Å²) in [5.74, 6) is 1.71. The standard InChI is InChI=1S/C12H16N4O/c17-7-1-2-10-15-11-9(5-6-13-11)12(16-10)14-8-3-4-8/h5-6,8,17H,1-4,7H2,(H2,13,14,15,16). The molecule has 1 aliphatic rings. The SMILES string of the molecule is OCCCc1nc(NC2CC2)c2cc[nH]c2n1. The predicted molar refractivity (Wildman–Crippen MR) is 65.9 cm³/mol. The maximum Gasteiger partial charge on any atom is 0.143 e. The Labute approximate surface area is 99.3 Å². The highest BCUT2D eigenvalue weighted by Crippen LogP contribution is 2.27. The highest BCUT2D eigenvalue weighted by Gasteiger charge is 2.22. The average molecular weight is 232 g/mol. The fraction of sp³-hybridized carbons (Fsp3) is 0.500. The fourth-order valence-corrected chi connectivity index (χ4v) is 1.87. The lowest BCUT2D eigenvalue weighted by molar-refractivity contribution is 0.287. The van der Waals surface area contributed by atoms with Gasteiger partial charge in [0.05, 0.1) is 5.39 Å². The normalized spacial score (nSPS) is 15.4. The minimum Gasteiger partial charge on any atom is -0.396 e. The molecule has 0 bridgehead atoms. The smallest absolute Gasteiger partial charge is 0.143 e. The van der Waals surface area contributed by atoms with Crippen molar-refractivity contribution < 1.29 is 5.11 Å². The number of aromatic amines is 1. The Bertz CT molecular complexity index is 518. The van der Waals surface area contributed by atoms with Crippen molar-refractivity contribution in [2.75, 3.05) is 11.9 Å². The Hall–Kier alpha value is -1.62. The third-order valence-corrected chi connectivity index (χ3v) is 2.94. The number of nitrogens with one attached hydrogen (secondary N) is 2. The Kier molecular flexibility index (Phi) is 2.68. The molecule has 1 fully saturated rings. The third-order valence-electron chi connectivity index (χ3n) is 2.94. The molecule has 5 heteroatoms. The summed E-state index contributed by atoms with van der Waals surface area (Å²) in [5, 5.41) is 13.3. The van der Waals surface area contributed by atoms with Crippen LogP contribution in [0.1, 0.15) is 25.1 Å². The van der Waals surface area contributed by atoms with Crippen molar-refractivity contribution in [3.63, 3.8) is 0 Å². The number of hydrogen-bond donors (Lipinski definition) is 3. The number of nitrogens with zero attached hydrogens (tertiary/aromatic N) is 2. The van der Waals surface area contributed by atoms with Crippen LogP contribution in [-0.2, 0) is 6.42 Å². The molecule has 2 heterocycles. The quantitative estimate of drug-likeness (QED) is 0.729. The molecule has 2 aromatic rings. The molecule has 3 N–H and O–H groups in total. The van der Waals surface area contributed by atoms with Crippen molar-refractivity contribution in [3.8, 4) is 0 Å². The van der Waals surface area contributed by atoms with Crippen molar-refractivity contribution in [1.82, 2.24) is 15.0 Å². The number of hydrogen-bond acceptors (Lipinski definition) is 4. The van der Waals surface area contributed by atoms with Crippen LogP contribution in [0.25, 0.3) is 11.0 Å². The van der Waals surface area contributed by atoms with Crippen LogP contribution in [0.5, 0.6) is 0 Å². The zero-order valence-electron chi connectivity index (χ0n) is 9.61. The van der Waals surface area contributed by atoms with E-state index < -0.39 is 0 Å². The van der Waals surface area contributed by atoms with Crippen molar-refractivity contribution in [1.29, 1.82) is 0 Å². The van der Waals surface area contributed by atoms with Crippen molar-refractivity contribution in [2.45, 2.75) is 31.7 Å². The van der Waals surface area contributed by atoms with Gasteiger partial charge < -0.3 is 15.4 Å². The van der Waals surface area contributed by atoms with Crippen LogP contribution in [-0.4, -0.2) is 32.7 Å². The first-order valence-corrected chi connectivity index (χ1v) is 6.08. The van der Waals surface area contributed by atoms with Crippen LogP contribution in [0.4, 0.5) is 5.82 Å². The summed E-state index contributed by atoms with van der Waals surface area (Å²) in [6.45, 7) is 0.178. The summed E-state index contributed by atoms with van der Waals surface area (Å²) in [5.41, 5.74) is 0.871. The van der Waals surface area contributed by atoms with E-state index >= 15 is 0 Å². The summed E-state index contributed by atoms with van der Waals surface area (Å²) in [4.78, 5) is 12.1. The molecule has 3 rings (SSSR count). The van der Waals surface area contributed by atoms with Gasteiger partial charge >= 0.3 is 0 Å². The maximum absolute atomic E-state index is 8.85. The van der Waals surface area contributed by atoms with Gasteiger partial charge in [-0.1, -0.05) is 0 Å². The van der Waals surface area contributed by atoms with Crippen LogP contribution < -0.4 is 5.32 Å². The second kappa shape index (κ2) is 4.33. The van der Waals surface area contributed by atoms with Crippen molar-refractivity contribution in [3.05, 3.63) is 18.1 Å². The van der Waals surface area contributed by atoms with Gasteiger partial charge in [0.15, 0.2) is 0 Å². The predicted octanol–water partition coefficient (Wildman–Crippen LogP) is 1.46. The molecule has 0 saturated heterocycles. The number of aromatic nitrogens is 3. The number of H-pyrrole nitrogens is 1. The minimum absolute atomic E-state index is 0.178. The molecule has 0 radical (unpaired) electrons. The maximum atomic E-state index is 8.85. The first kappa shape index (κ1) is 10.5. The zero-order chi connectivity index (χ0) is 11.7. The molecule has 0 atom stereocenters. The lowest BCUT2D eigenvalue weighted by atomic mass is 10.3. The van der Waals surface area contributed by atoms with Gasteiger partial charge in [-0.2, -0.15) is 0 Å². The zero-order valence-corrected chi connectivity index (χ0v) is 9.61. The van der Waals surface area contributed by atoms with Gasteiger partial charge in [0.1, 0.15) is 17.3 Å². The highest BCUT2D eigenvalue weighted by molar-refractivity contribution is 5.87. The molecule has 5 nitrogen and oxygen atoms in total. The first-order valence-electron chi connectivity index (χ1n) is 6.08. The van der Waals surface area contributed by atoms with Crippen molar-refractivity contribution >= 4 is 16.9 Å². The van der Waals surface area contributed by atoms with E-state index in [2.05, 4.69) is 20.3 Å². The number of fused-ring (bicyclic) bond motifs is 1. The van der Waals surface area contributed by atoms with Crippen LogP contribution in [0.2, 0.25) is 0 Å². The number of aryl methyl sites for hydroxylation is 1. The summed E-state index contributed by atoms with van der Waals surface area (Å²) < 4.78 is 0. The van der Waals surface area contributed by atoms with E-state index in [1.807, 2.05) is 12.3 Å². The monoisotopic (exact) mass is 232 g/mol. The van der Waals surface area contributed by atoms with Gasteiger partial charge in [-0.3, -0.25) is 0 Å². The van der Waals surface area contributed by atoms with Gasteiger partial charge in [-0.25, -0.2) is 9.97 Å². The number of aliphatic hydroxyl groups excluding tert-OH is 1. The lowest BCUT2D eigenvalue weighted by Crippen LogP contribution is -2.07. The first-order chi connectivity index (χ1) is 8.36. The van der Waals surface area contributed by atoms with E-state index in [0.717, 1.165) is 22.7 Å². The van der Waals surface area contributed by atoms with Crippen LogP contribution in [0, 0.1) is 0 Å². The Morgan fingerprint density at radius 3 is 3.06 bits per heavy atom. The molecule has 0 aliphatic heterocycles. The number of aliphatic hydroxyl groups is 1. The van der Waals surface area contributed by atoms with Crippen LogP contribution >= 0.6 is 0 Å². The van der Waals surface area contributed by atoms with E-state index in [1.54, 1.807) is 0 Å². The molecule has 1 aliphatic carbocycles. The Morgan fingerprint density at radius 1 is 1.41 bits per heavy atom. The molecule has 0 amide bonds. The van der Waals surface area contributed by atoms with Gasteiger partial charge in [0, 0.05) is 25.3 Å². The second-order valence-electron chi connectivity index (χ2n) is 4.47. The molecule has 90 valence electrons. The molecule has 0 spiro atoms. The van der Waals surface area contributed by atoms with Gasteiger partial charge in [-0.15, -0.1) is 0 Å². The van der Waals surface area contributed by atoms with Gasteiger partial charge in [0.25, 0.3) is 0 Å². The van der Waals surface area contributed by atoms with E-state index in [9.17, 15) is 0 Å². The number of rotatable bonds is 5. The minimum atomic E-state index is 0.178. The Morgan fingerprint density at radius 2 is 2.29 bits per heavy atom. The largest absolute Gasteiger partial charge is 0.396 e. The lowest BCUT2D eigenvalue weighted by Gasteiger charge is -2.07. The fourth-order valence-electron chi connectivity index (χ4n) is 1.87. The van der Waals surface area contributed by atoms with Gasteiger partial charge in [0.2, 0.25) is 0 Å². The van der Waals surface area contributed by atoms with Gasteiger partial charge in [-0.05, 0) is 25.3 Å². The number of anilines is 1. The van der Waals surface area contributed by atoms with E-state index in [4.69, 9.17) is 5.11 Å². The summed E-state index contributed by atoms with van der Waals surface area (Å²) in [7, 11) is 0. The van der Waals surface area contributed by atoms with E-state index in [-0.39, 0.29) is 6.61 Å². The highest BCUT2D eigenvalue weighted by atomic mass is 16.2. The molecule has 0 unspecified atom stereocenters. The van der Waals surface area contributed by atoms with Crippen LogP contribution in [0.3, 0.4) is 0 Å². The van der Waals surface area contributed by atoms with E-state index in [0.29, 0.717) is 18.9 Å². The molecular formula is C12H16N4O. The summed E-state index contributed by atoms with van der Waals surface area (Å²) >= 11 is 0. The molecule has 0 aromatic carbocycles. The van der Waals surface area contributed by atoms with Crippen LogP contribution in [0.15, 0.2) is 12.3 Å². The molecule has 2 aromatic heterocycles. The average Bonchev–Trinajstić information content (AvgIpc) is 3.01. The van der Waals surface area contributed by atoms with E-state index in [1.165, 1.54) is 12.8 Å². The topological polar surface area (TPSA) is 73.8 Å². The molecular weight excluding hydrogens is 216 g/mol. The Balaban J connectivity index is 1.94. The van der Waals surface area contributed by atoms with Crippen molar-refractivity contribution in [2.24, 2.45) is 0 Å². The third kappa shape index (κ3) is 2.24.